The number of aromatic nitrogens is 1. The van der Waals surface area contributed by atoms with Crippen molar-refractivity contribution in [2.75, 3.05) is 0 Å². The first-order chi connectivity index (χ1) is 7.27. The van der Waals surface area contributed by atoms with Crippen LogP contribution in [-0.4, -0.2) is 10.8 Å². The minimum atomic E-state index is 0.145. The number of aryl methyl sites for hydroxylation is 1. The van der Waals surface area contributed by atoms with Gasteiger partial charge >= 0.3 is 0 Å². The number of hydrogen-bond donors (Lipinski definition) is 0. The number of Topliss-reactive ketones (excluding diaryl/α,β-unsaturated/α-hetero) is 1. The predicted octanol–water partition coefficient (Wildman–Crippen LogP) is 2.88. The van der Waals surface area contributed by atoms with Crippen molar-refractivity contribution in [3.8, 4) is 0 Å². The largest absolute Gasteiger partial charge is 0.293 e. The SMILES string of the molecule is Cc1ccccc1CC(=O)c1cncs1. The summed E-state index contributed by atoms with van der Waals surface area (Å²) in [5.74, 6) is 0.145. The summed E-state index contributed by atoms with van der Waals surface area (Å²) < 4.78 is 0. The zero-order valence-corrected chi connectivity index (χ0v) is 9.25. The molecular formula is C12H11NOS. The zero-order chi connectivity index (χ0) is 10.7. The van der Waals surface area contributed by atoms with E-state index in [1.165, 1.54) is 11.3 Å². The molecule has 0 amide bonds. The molecule has 0 saturated carbocycles. The van der Waals surface area contributed by atoms with Gasteiger partial charge in [0, 0.05) is 12.6 Å². The number of carbonyl (C=O) groups excluding carboxylic acids is 1. The highest BCUT2D eigenvalue weighted by Crippen LogP contribution is 2.13. The van der Waals surface area contributed by atoms with E-state index < -0.39 is 0 Å². The van der Waals surface area contributed by atoms with Crippen molar-refractivity contribution in [2.24, 2.45) is 0 Å². The Balaban J connectivity index is 2.17. The number of benzene rings is 1. The lowest BCUT2D eigenvalue weighted by molar-refractivity contribution is 0.0996. The van der Waals surface area contributed by atoms with Gasteiger partial charge in [0.1, 0.15) is 0 Å². The van der Waals surface area contributed by atoms with E-state index in [4.69, 9.17) is 0 Å². The highest BCUT2D eigenvalue weighted by Gasteiger charge is 2.09. The summed E-state index contributed by atoms with van der Waals surface area (Å²) in [6, 6.07) is 7.96. The van der Waals surface area contributed by atoms with Gasteiger partial charge < -0.3 is 0 Å². The molecular weight excluding hydrogens is 206 g/mol. The van der Waals surface area contributed by atoms with E-state index in [-0.39, 0.29) is 5.78 Å². The van der Waals surface area contributed by atoms with Gasteiger partial charge in [-0.1, -0.05) is 24.3 Å². The fourth-order valence-electron chi connectivity index (χ4n) is 1.42. The molecule has 0 spiro atoms. The van der Waals surface area contributed by atoms with Crippen LogP contribution in [0.4, 0.5) is 0 Å². The Kier molecular flexibility index (Phi) is 2.92. The van der Waals surface area contributed by atoms with Crippen molar-refractivity contribution < 1.29 is 4.79 Å². The molecule has 1 aromatic carbocycles. The van der Waals surface area contributed by atoms with E-state index in [1.54, 1.807) is 11.7 Å². The predicted molar refractivity (Wildman–Crippen MR) is 61.3 cm³/mol. The topological polar surface area (TPSA) is 30.0 Å². The first kappa shape index (κ1) is 10.1. The van der Waals surface area contributed by atoms with Crippen LogP contribution in [0, 0.1) is 6.92 Å². The average Bonchev–Trinajstić information content (AvgIpc) is 2.74. The Morgan fingerprint density at radius 2 is 2.20 bits per heavy atom. The fraction of sp³-hybridized carbons (Fsp3) is 0.167. The molecule has 2 nitrogen and oxygen atoms in total. The van der Waals surface area contributed by atoms with Crippen molar-refractivity contribution >= 4 is 17.1 Å². The molecule has 0 aliphatic heterocycles. The van der Waals surface area contributed by atoms with Crippen LogP contribution in [0.15, 0.2) is 36.0 Å². The van der Waals surface area contributed by atoms with Crippen LogP contribution >= 0.6 is 11.3 Å². The average molecular weight is 217 g/mol. The highest BCUT2D eigenvalue weighted by molar-refractivity contribution is 7.11. The molecule has 0 radical (unpaired) electrons. The van der Waals surface area contributed by atoms with Crippen LogP contribution < -0.4 is 0 Å². The Bertz CT molecular complexity index is 462. The Hall–Kier alpha value is -1.48. The maximum atomic E-state index is 11.8. The maximum Gasteiger partial charge on any atom is 0.178 e. The standard InChI is InChI=1S/C12H11NOS/c1-9-4-2-3-5-10(9)6-11(14)12-7-13-8-15-12/h2-5,7-8H,6H2,1H3. The lowest BCUT2D eigenvalue weighted by Crippen LogP contribution is -2.02. The number of rotatable bonds is 3. The first-order valence-electron chi connectivity index (χ1n) is 4.73. The summed E-state index contributed by atoms with van der Waals surface area (Å²) in [7, 11) is 0. The molecule has 2 rings (SSSR count). The number of ketones is 1. The molecule has 76 valence electrons. The summed E-state index contributed by atoms with van der Waals surface area (Å²) in [4.78, 5) is 16.4. The fourth-order valence-corrected chi connectivity index (χ4v) is 1.98. The van der Waals surface area contributed by atoms with Gasteiger partial charge in [0.25, 0.3) is 0 Å². The van der Waals surface area contributed by atoms with Gasteiger partial charge in [0.2, 0.25) is 0 Å². The third kappa shape index (κ3) is 2.30. The van der Waals surface area contributed by atoms with Crippen LogP contribution in [0.1, 0.15) is 20.8 Å². The lowest BCUT2D eigenvalue weighted by atomic mass is 10.0. The van der Waals surface area contributed by atoms with Gasteiger partial charge in [0.15, 0.2) is 5.78 Å². The second-order valence-corrected chi connectivity index (χ2v) is 4.28. The normalized spacial score (nSPS) is 10.2. The van der Waals surface area contributed by atoms with E-state index in [1.807, 2.05) is 31.2 Å². The maximum absolute atomic E-state index is 11.8. The quantitative estimate of drug-likeness (QED) is 0.740. The van der Waals surface area contributed by atoms with Gasteiger partial charge in [-0.25, -0.2) is 0 Å². The zero-order valence-electron chi connectivity index (χ0n) is 8.43. The molecule has 1 heterocycles. The lowest BCUT2D eigenvalue weighted by Gasteiger charge is -2.02. The van der Waals surface area contributed by atoms with Crippen LogP contribution in [0.5, 0.6) is 0 Å². The molecule has 1 aromatic heterocycles. The van der Waals surface area contributed by atoms with Crippen LogP contribution in [0.2, 0.25) is 0 Å². The summed E-state index contributed by atoms with van der Waals surface area (Å²) in [5, 5.41) is 0. The van der Waals surface area contributed by atoms with Crippen molar-refractivity contribution in [1.82, 2.24) is 4.98 Å². The molecule has 0 aliphatic carbocycles. The summed E-state index contributed by atoms with van der Waals surface area (Å²) in [6.07, 6.45) is 2.10. The minimum absolute atomic E-state index is 0.145. The number of hydrogen-bond acceptors (Lipinski definition) is 3. The van der Waals surface area contributed by atoms with E-state index in [2.05, 4.69) is 4.98 Å². The van der Waals surface area contributed by atoms with Gasteiger partial charge in [-0.2, -0.15) is 0 Å². The molecule has 0 aliphatic rings. The molecule has 0 unspecified atom stereocenters. The van der Waals surface area contributed by atoms with Gasteiger partial charge in [-0.3, -0.25) is 9.78 Å². The van der Waals surface area contributed by atoms with Crippen molar-refractivity contribution in [2.45, 2.75) is 13.3 Å². The first-order valence-corrected chi connectivity index (χ1v) is 5.61. The van der Waals surface area contributed by atoms with Crippen LogP contribution in [-0.2, 0) is 6.42 Å². The van der Waals surface area contributed by atoms with Crippen LogP contribution in [0.3, 0.4) is 0 Å². The molecule has 0 bridgehead atoms. The number of thiazole rings is 1. The Morgan fingerprint density at radius 3 is 2.87 bits per heavy atom. The van der Waals surface area contributed by atoms with Gasteiger partial charge in [0.05, 0.1) is 10.4 Å². The molecule has 0 fully saturated rings. The van der Waals surface area contributed by atoms with E-state index in [0.717, 1.165) is 16.0 Å². The van der Waals surface area contributed by atoms with Crippen molar-refractivity contribution in [3.05, 3.63) is 52.0 Å². The summed E-state index contributed by atoms with van der Waals surface area (Å²) in [6.45, 7) is 2.02. The number of nitrogens with zero attached hydrogens (tertiary/aromatic N) is 1. The van der Waals surface area contributed by atoms with Gasteiger partial charge in [-0.05, 0) is 18.1 Å². The van der Waals surface area contributed by atoms with E-state index >= 15 is 0 Å². The molecule has 2 aromatic rings. The van der Waals surface area contributed by atoms with Crippen molar-refractivity contribution in [3.63, 3.8) is 0 Å². The van der Waals surface area contributed by atoms with Crippen LogP contribution in [0.25, 0.3) is 0 Å². The van der Waals surface area contributed by atoms with Gasteiger partial charge in [-0.15, -0.1) is 11.3 Å². The minimum Gasteiger partial charge on any atom is -0.293 e. The molecule has 3 heteroatoms. The second kappa shape index (κ2) is 4.36. The summed E-state index contributed by atoms with van der Waals surface area (Å²) in [5.41, 5.74) is 3.94. The number of carbonyl (C=O) groups is 1. The highest BCUT2D eigenvalue weighted by atomic mass is 32.1. The smallest absolute Gasteiger partial charge is 0.178 e. The molecule has 0 saturated heterocycles. The van der Waals surface area contributed by atoms with Crippen molar-refractivity contribution in [1.29, 1.82) is 0 Å². The molecule has 15 heavy (non-hydrogen) atoms. The third-order valence-electron chi connectivity index (χ3n) is 2.32. The third-order valence-corrected chi connectivity index (χ3v) is 3.13. The van der Waals surface area contributed by atoms with E-state index in [0.29, 0.717) is 6.42 Å². The van der Waals surface area contributed by atoms with E-state index in [9.17, 15) is 4.79 Å². The molecule has 0 N–H and O–H groups in total. The second-order valence-electron chi connectivity index (χ2n) is 3.39. The Labute approximate surface area is 92.6 Å². The molecule has 0 atom stereocenters. The monoisotopic (exact) mass is 217 g/mol. The summed E-state index contributed by atoms with van der Waals surface area (Å²) >= 11 is 1.40. The Morgan fingerprint density at radius 1 is 1.40 bits per heavy atom.